The first-order valence-corrected chi connectivity index (χ1v) is 6.79. The normalized spacial score (nSPS) is 9.90. The Bertz CT molecular complexity index is 471. The summed E-state index contributed by atoms with van der Waals surface area (Å²) in [5, 5.41) is 0. The third-order valence-electron chi connectivity index (χ3n) is 2.76. The van der Waals surface area contributed by atoms with E-state index in [4.69, 9.17) is 10.5 Å². The van der Waals surface area contributed by atoms with Gasteiger partial charge in [-0.1, -0.05) is 12.1 Å². The predicted octanol–water partition coefficient (Wildman–Crippen LogP) is 0.572. The van der Waals surface area contributed by atoms with E-state index in [1.165, 1.54) is 5.56 Å². The maximum absolute atomic E-state index is 10.6. The molecular weight excluding hydrogens is 268 g/mol. The number of amides is 1. The molecule has 0 bridgehead atoms. The zero-order valence-corrected chi connectivity index (χ0v) is 13.2. The highest BCUT2D eigenvalue weighted by molar-refractivity contribution is 5.79. The summed E-state index contributed by atoms with van der Waals surface area (Å²) in [6, 6.07) is 7.61. The van der Waals surface area contributed by atoms with E-state index in [1.807, 2.05) is 62.3 Å². The van der Waals surface area contributed by atoms with Gasteiger partial charge in [-0.15, -0.1) is 0 Å². The van der Waals surface area contributed by atoms with E-state index in [0.717, 1.165) is 12.4 Å². The Morgan fingerprint density at radius 1 is 1.14 bits per heavy atom. The highest BCUT2D eigenvalue weighted by atomic mass is 16.5. The molecule has 0 spiro atoms. The molecule has 116 valence electrons. The van der Waals surface area contributed by atoms with Gasteiger partial charge in [0.15, 0.2) is 12.6 Å². The number of aliphatic imine (C=N–C) groups is 1. The summed E-state index contributed by atoms with van der Waals surface area (Å²) < 4.78 is 5.21. The molecule has 0 atom stereocenters. The standard InChI is InChI=1S/C15H24N4O2/c1-18(2)15(19(3)4)17-10-9-12-5-7-13(8-6-12)21-11-14(16)20/h5-8H,9-11H2,1-4H3,(H2,16,20). The van der Waals surface area contributed by atoms with Crippen molar-refractivity contribution in [3.05, 3.63) is 29.8 Å². The SMILES string of the molecule is CN(C)C(=NCCc1ccc(OCC(N)=O)cc1)N(C)C. The monoisotopic (exact) mass is 292 g/mol. The van der Waals surface area contributed by atoms with Crippen LogP contribution in [0, 0.1) is 0 Å². The minimum atomic E-state index is -0.478. The summed E-state index contributed by atoms with van der Waals surface area (Å²) in [5.74, 6) is 1.10. The number of nitrogens with zero attached hydrogens (tertiary/aromatic N) is 3. The molecule has 0 aliphatic rings. The van der Waals surface area contributed by atoms with Crippen molar-refractivity contribution in [2.75, 3.05) is 41.3 Å². The molecule has 0 unspecified atom stereocenters. The minimum absolute atomic E-state index is 0.0985. The molecule has 1 aromatic rings. The van der Waals surface area contributed by atoms with Crippen LogP contribution in [0.5, 0.6) is 5.75 Å². The Morgan fingerprint density at radius 3 is 2.19 bits per heavy atom. The summed E-state index contributed by atoms with van der Waals surface area (Å²) in [6.45, 7) is 0.617. The number of ether oxygens (including phenoxy) is 1. The fraction of sp³-hybridized carbons (Fsp3) is 0.467. The second kappa shape index (κ2) is 8.14. The molecule has 2 N–H and O–H groups in total. The van der Waals surface area contributed by atoms with Gasteiger partial charge in [-0.3, -0.25) is 9.79 Å². The van der Waals surface area contributed by atoms with Crippen LogP contribution < -0.4 is 10.5 Å². The van der Waals surface area contributed by atoms with E-state index in [2.05, 4.69) is 4.99 Å². The van der Waals surface area contributed by atoms with E-state index in [-0.39, 0.29) is 6.61 Å². The number of carbonyl (C=O) groups is 1. The first kappa shape index (κ1) is 16.8. The first-order chi connectivity index (χ1) is 9.90. The minimum Gasteiger partial charge on any atom is -0.484 e. The molecule has 1 amide bonds. The fourth-order valence-corrected chi connectivity index (χ4v) is 1.87. The topological polar surface area (TPSA) is 71.2 Å². The number of guanidine groups is 1. The summed E-state index contributed by atoms with van der Waals surface area (Å²) in [5.41, 5.74) is 6.19. The first-order valence-electron chi connectivity index (χ1n) is 6.79. The van der Waals surface area contributed by atoms with Gasteiger partial charge in [-0.25, -0.2) is 0 Å². The Balaban J connectivity index is 2.52. The molecule has 21 heavy (non-hydrogen) atoms. The van der Waals surface area contributed by atoms with Crippen molar-refractivity contribution in [2.24, 2.45) is 10.7 Å². The predicted molar refractivity (Wildman–Crippen MR) is 84.5 cm³/mol. The lowest BCUT2D eigenvalue weighted by molar-refractivity contribution is -0.119. The fourth-order valence-electron chi connectivity index (χ4n) is 1.87. The van der Waals surface area contributed by atoms with Gasteiger partial charge in [0.1, 0.15) is 5.75 Å². The highest BCUT2D eigenvalue weighted by Gasteiger charge is 2.03. The Hall–Kier alpha value is -2.24. The summed E-state index contributed by atoms with van der Waals surface area (Å²) in [4.78, 5) is 19.2. The zero-order chi connectivity index (χ0) is 15.8. The van der Waals surface area contributed by atoms with Gasteiger partial charge in [-0.05, 0) is 24.1 Å². The third-order valence-corrected chi connectivity index (χ3v) is 2.76. The Labute approximate surface area is 126 Å². The highest BCUT2D eigenvalue weighted by Crippen LogP contribution is 2.12. The van der Waals surface area contributed by atoms with Crippen LogP contribution in [-0.2, 0) is 11.2 Å². The van der Waals surface area contributed by atoms with Crippen molar-refractivity contribution in [3.8, 4) is 5.75 Å². The van der Waals surface area contributed by atoms with Crippen molar-refractivity contribution >= 4 is 11.9 Å². The van der Waals surface area contributed by atoms with Gasteiger partial charge in [-0.2, -0.15) is 0 Å². The number of benzene rings is 1. The van der Waals surface area contributed by atoms with E-state index in [1.54, 1.807) is 0 Å². The molecule has 6 heteroatoms. The molecule has 6 nitrogen and oxygen atoms in total. The second-order valence-electron chi connectivity index (χ2n) is 5.12. The van der Waals surface area contributed by atoms with Crippen LogP contribution >= 0.6 is 0 Å². The summed E-state index contributed by atoms with van der Waals surface area (Å²) in [6.07, 6.45) is 0.848. The molecule has 0 fully saturated rings. The van der Waals surface area contributed by atoms with Crippen molar-refractivity contribution in [1.82, 2.24) is 9.80 Å². The van der Waals surface area contributed by atoms with Crippen LogP contribution in [0.3, 0.4) is 0 Å². The number of hydrogen-bond acceptors (Lipinski definition) is 3. The second-order valence-corrected chi connectivity index (χ2v) is 5.12. The number of carbonyl (C=O) groups excluding carboxylic acids is 1. The summed E-state index contributed by atoms with van der Waals surface area (Å²) in [7, 11) is 7.90. The van der Waals surface area contributed by atoms with Crippen molar-refractivity contribution < 1.29 is 9.53 Å². The number of rotatable bonds is 6. The number of primary amides is 1. The molecule has 1 aromatic carbocycles. The van der Waals surface area contributed by atoms with Crippen molar-refractivity contribution in [1.29, 1.82) is 0 Å². The van der Waals surface area contributed by atoms with Crippen LogP contribution in [0.15, 0.2) is 29.3 Å². The lowest BCUT2D eigenvalue weighted by Crippen LogP contribution is -2.35. The van der Waals surface area contributed by atoms with Gasteiger partial charge in [0.05, 0.1) is 0 Å². The average Bonchev–Trinajstić information content (AvgIpc) is 2.41. The largest absolute Gasteiger partial charge is 0.484 e. The van der Waals surface area contributed by atoms with E-state index in [9.17, 15) is 4.79 Å². The maximum atomic E-state index is 10.6. The summed E-state index contributed by atoms with van der Waals surface area (Å²) >= 11 is 0. The maximum Gasteiger partial charge on any atom is 0.255 e. The lowest BCUT2D eigenvalue weighted by atomic mass is 10.1. The Kier molecular flexibility index (Phi) is 6.52. The van der Waals surface area contributed by atoms with Crippen LogP contribution in [0.1, 0.15) is 5.56 Å². The van der Waals surface area contributed by atoms with E-state index in [0.29, 0.717) is 12.3 Å². The molecule has 0 saturated carbocycles. The molecule has 0 aliphatic heterocycles. The van der Waals surface area contributed by atoms with Gasteiger partial charge in [0.25, 0.3) is 5.91 Å². The van der Waals surface area contributed by atoms with Crippen LogP contribution in [0.4, 0.5) is 0 Å². The van der Waals surface area contributed by atoms with Gasteiger partial charge in [0, 0.05) is 34.7 Å². The smallest absolute Gasteiger partial charge is 0.255 e. The van der Waals surface area contributed by atoms with Gasteiger partial charge in [0.2, 0.25) is 0 Å². The van der Waals surface area contributed by atoms with Gasteiger partial charge < -0.3 is 20.3 Å². The zero-order valence-electron chi connectivity index (χ0n) is 13.2. The molecule has 0 aromatic heterocycles. The van der Waals surface area contributed by atoms with Gasteiger partial charge >= 0.3 is 0 Å². The van der Waals surface area contributed by atoms with Crippen molar-refractivity contribution in [2.45, 2.75) is 6.42 Å². The molecule has 0 radical (unpaired) electrons. The molecule has 0 heterocycles. The molecular formula is C15H24N4O2. The van der Waals surface area contributed by atoms with Crippen LogP contribution in [0.2, 0.25) is 0 Å². The number of nitrogens with two attached hydrogens (primary N) is 1. The van der Waals surface area contributed by atoms with E-state index < -0.39 is 5.91 Å². The molecule has 0 saturated heterocycles. The average molecular weight is 292 g/mol. The van der Waals surface area contributed by atoms with E-state index >= 15 is 0 Å². The quantitative estimate of drug-likeness (QED) is 0.615. The third kappa shape index (κ3) is 6.16. The molecule has 0 aliphatic carbocycles. The molecule has 1 rings (SSSR count). The van der Waals surface area contributed by atoms with Crippen LogP contribution in [-0.4, -0.2) is 63.0 Å². The Morgan fingerprint density at radius 2 is 1.71 bits per heavy atom. The van der Waals surface area contributed by atoms with Crippen molar-refractivity contribution in [3.63, 3.8) is 0 Å². The number of hydrogen-bond donors (Lipinski definition) is 1. The van der Waals surface area contributed by atoms with Crippen LogP contribution in [0.25, 0.3) is 0 Å². The lowest BCUT2D eigenvalue weighted by Gasteiger charge is -2.22.